The van der Waals surface area contributed by atoms with E-state index >= 15 is 0 Å². The van der Waals surface area contributed by atoms with Gasteiger partial charge in [-0.15, -0.1) is 0 Å². The number of hydrogen-bond acceptors (Lipinski definition) is 3. The van der Waals surface area contributed by atoms with E-state index in [1.807, 2.05) is 0 Å². The van der Waals surface area contributed by atoms with Crippen molar-refractivity contribution in [3.05, 3.63) is 42.1 Å². The fraction of sp³-hybridized carbons (Fsp3) is 0.0909. The van der Waals surface area contributed by atoms with Crippen LogP contribution in [-0.4, -0.2) is 9.97 Å². The zero-order valence-corrected chi connectivity index (χ0v) is 8.57. The molecule has 1 aromatic heterocycles. The Hall–Kier alpha value is -2.11. The predicted molar refractivity (Wildman–Crippen MR) is 56.9 cm³/mol. The number of aromatic nitrogens is 2. The topological polar surface area (TPSA) is 51.8 Å². The Balaban J connectivity index is 2.60. The van der Waals surface area contributed by atoms with Crippen LogP contribution in [0.4, 0.5) is 19.1 Å². The lowest BCUT2D eigenvalue weighted by Crippen LogP contribution is -2.07. The average Bonchev–Trinajstić information content (AvgIpc) is 2.28. The second kappa shape index (κ2) is 4.04. The third-order valence-electron chi connectivity index (χ3n) is 2.18. The molecule has 0 radical (unpaired) electrons. The number of benzene rings is 1. The summed E-state index contributed by atoms with van der Waals surface area (Å²) in [5, 5.41) is 0. The summed E-state index contributed by atoms with van der Waals surface area (Å²) >= 11 is 0. The van der Waals surface area contributed by atoms with Crippen LogP contribution < -0.4 is 5.73 Å². The summed E-state index contributed by atoms with van der Waals surface area (Å²) in [6, 6.07) is 6.60. The molecule has 0 aliphatic rings. The van der Waals surface area contributed by atoms with Gasteiger partial charge in [0.1, 0.15) is 0 Å². The Morgan fingerprint density at radius 1 is 1.06 bits per heavy atom. The van der Waals surface area contributed by atoms with E-state index in [9.17, 15) is 13.2 Å². The van der Waals surface area contributed by atoms with Gasteiger partial charge in [-0.1, -0.05) is 18.2 Å². The molecule has 3 nitrogen and oxygen atoms in total. The first-order chi connectivity index (χ1) is 7.98. The normalized spacial score (nSPS) is 11.5. The van der Waals surface area contributed by atoms with E-state index in [0.717, 1.165) is 6.07 Å². The van der Waals surface area contributed by atoms with Crippen LogP contribution in [-0.2, 0) is 6.18 Å². The molecule has 0 fully saturated rings. The summed E-state index contributed by atoms with van der Waals surface area (Å²) < 4.78 is 38.3. The van der Waals surface area contributed by atoms with Gasteiger partial charge in [0.05, 0.1) is 11.3 Å². The van der Waals surface area contributed by atoms with Gasteiger partial charge >= 0.3 is 6.18 Å². The van der Waals surface area contributed by atoms with E-state index in [1.165, 1.54) is 30.5 Å². The number of nitrogen functional groups attached to an aromatic ring is 1. The lowest BCUT2D eigenvalue weighted by Gasteiger charge is -2.11. The lowest BCUT2D eigenvalue weighted by molar-refractivity contribution is -0.137. The zero-order chi connectivity index (χ0) is 12.5. The van der Waals surface area contributed by atoms with Crippen molar-refractivity contribution >= 4 is 5.95 Å². The predicted octanol–water partition coefficient (Wildman–Crippen LogP) is 2.74. The molecule has 0 saturated heterocycles. The Labute approximate surface area is 95.1 Å². The SMILES string of the molecule is Nc1nccc(-c2ccccc2C(F)(F)F)n1. The molecule has 1 aromatic carbocycles. The van der Waals surface area contributed by atoms with Gasteiger partial charge in [0, 0.05) is 11.8 Å². The van der Waals surface area contributed by atoms with Crippen LogP contribution in [0.25, 0.3) is 11.3 Å². The van der Waals surface area contributed by atoms with Gasteiger partial charge in [-0.05, 0) is 12.1 Å². The van der Waals surface area contributed by atoms with Crippen LogP contribution >= 0.6 is 0 Å². The summed E-state index contributed by atoms with van der Waals surface area (Å²) in [6.07, 6.45) is -3.10. The second-order valence-electron chi connectivity index (χ2n) is 3.34. The van der Waals surface area contributed by atoms with E-state index < -0.39 is 11.7 Å². The van der Waals surface area contributed by atoms with Gasteiger partial charge in [-0.2, -0.15) is 13.2 Å². The first kappa shape index (κ1) is 11.4. The van der Waals surface area contributed by atoms with Crippen LogP contribution in [0, 0.1) is 0 Å². The molecule has 88 valence electrons. The van der Waals surface area contributed by atoms with Gasteiger partial charge in [0.25, 0.3) is 0 Å². The minimum Gasteiger partial charge on any atom is -0.368 e. The van der Waals surface area contributed by atoms with Crippen LogP contribution in [0.1, 0.15) is 5.56 Å². The molecule has 0 atom stereocenters. The van der Waals surface area contributed by atoms with Crippen molar-refractivity contribution in [2.75, 3.05) is 5.73 Å². The largest absolute Gasteiger partial charge is 0.417 e. The second-order valence-corrected chi connectivity index (χ2v) is 3.34. The van der Waals surface area contributed by atoms with Crippen molar-refractivity contribution in [3.8, 4) is 11.3 Å². The summed E-state index contributed by atoms with van der Waals surface area (Å²) in [6.45, 7) is 0. The first-order valence-corrected chi connectivity index (χ1v) is 4.73. The lowest BCUT2D eigenvalue weighted by atomic mass is 10.0. The maximum Gasteiger partial charge on any atom is 0.417 e. The minimum absolute atomic E-state index is 0.00546. The van der Waals surface area contributed by atoms with Crippen molar-refractivity contribution in [1.29, 1.82) is 0 Å². The number of halogens is 3. The molecule has 0 saturated carbocycles. The van der Waals surface area contributed by atoms with Crippen LogP contribution in [0.3, 0.4) is 0 Å². The number of nitrogens with zero attached hydrogens (tertiary/aromatic N) is 2. The Morgan fingerprint density at radius 2 is 1.76 bits per heavy atom. The number of rotatable bonds is 1. The van der Waals surface area contributed by atoms with E-state index in [2.05, 4.69) is 9.97 Å². The Kier molecular flexibility index (Phi) is 2.71. The highest BCUT2D eigenvalue weighted by Crippen LogP contribution is 2.36. The van der Waals surface area contributed by atoms with Gasteiger partial charge in [0.15, 0.2) is 0 Å². The molecule has 0 spiro atoms. The molecule has 0 unspecified atom stereocenters. The highest BCUT2D eigenvalue weighted by Gasteiger charge is 2.33. The summed E-state index contributed by atoms with van der Waals surface area (Å²) in [4.78, 5) is 7.43. The highest BCUT2D eigenvalue weighted by molar-refractivity contribution is 5.64. The highest BCUT2D eigenvalue weighted by atomic mass is 19.4. The van der Waals surface area contributed by atoms with Crippen molar-refractivity contribution in [2.45, 2.75) is 6.18 Å². The number of alkyl halides is 3. The molecule has 0 aliphatic heterocycles. The van der Waals surface area contributed by atoms with Crippen LogP contribution in [0.2, 0.25) is 0 Å². The summed E-state index contributed by atoms with van der Waals surface area (Å²) in [7, 11) is 0. The van der Waals surface area contributed by atoms with Crippen LogP contribution in [0.5, 0.6) is 0 Å². The van der Waals surface area contributed by atoms with Crippen LogP contribution in [0.15, 0.2) is 36.5 Å². The summed E-state index contributed by atoms with van der Waals surface area (Å²) in [5.74, 6) is -0.0560. The van der Waals surface area contributed by atoms with E-state index in [1.54, 1.807) is 0 Å². The standard InChI is InChI=1S/C11H8F3N3/c12-11(13,14)8-4-2-1-3-7(8)9-5-6-16-10(15)17-9/h1-6H,(H2,15,16,17). The third kappa shape index (κ3) is 2.35. The maximum atomic E-state index is 12.8. The van der Waals surface area contributed by atoms with Crippen molar-refractivity contribution < 1.29 is 13.2 Å². The molecule has 0 aliphatic carbocycles. The molecule has 1 heterocycles. The van der Waals surface area contributed by atoms with Gasteiger partial charge in [-0.25, -0.2) is 9.97 Å². The maximum absolute atomic E-state index is 12.8. The molecule has 0 amide bonds. The number of hydrogen-bond donors (Lipinski definition) is 1. The fourth-order valence-electron chi connectivity index (χ4n) is 1.48. The minimum atomic E-state index is -4.42. The van der Waals surface area contributed by atoms with Gasteiger partial charge < -0.3 is 5.73 Å². The van der Waals surface area contributed by atoms with Gasteiger partial charge in [-0.3, -0.25) is 0 Å². The molecular weight excluding hydrogens is 231 g/mol. The smallest absolute Gasteiger partial charge is 0.368 e. The monoisotopic (exact) mass is 239 g/mol. The van der Waals surface area contributed by atoms with E-state index in [0.29, 0.717) is 0 Å². The first-order valence-electron chi connectivity index (χ1n) is 4.73. The molecule has 17 heavy (non-hydrogen) atoms. The fourth-order valence-corrected chi connectivity index (χ4v) is 1.48. The van der Waals surface area contributed by atoms with E-state index in [-0.39, 0.29) is 17.2 Å². The third-order valence-corrected chi connectivity index (χ3v) is 2.18. The number of anilines is 1. The van der Waals surface area contributed by atoms with E-state index in [4.69, 9.17) is 5.73 Å². The van der Waals surface area contributed by atoms with Crippen molar-refractivity contribution in [1.82, 2.24) is 9.97 Å². The molecule has 0 bridgehead atoms. The number of nitrogens with two attached hydrogens (primary N) is 1. The molecule has 2 aromatic rings. The molecule has 2 rings (SSSR count). The van der Waals surface area contributed by atoms with Crippen molar-refractivity contribution in [2.24, 2.45) is 0 Å². The summed E-state index contributed by atoms with van der Waals surface area (Å²) in [5.41, 5.74) is 4.77. The van der Waals surface area contributed by atoms with Crippen molar-refractivity contribution in [3.63, 3.8) is 0 Å². The molecular formula is C11H8F3N3. The average molecular weight is 239 g/mol. The molecule has 2 N–H and O–H groups in total. The molecule has 6 heteroatoms. The van der Waals surface area contributed by atoms with Gasteiger partial charge in [0.2, 0.25) is 5.95 Å². The quantitative estimate of drug-likeness (QED) is 0.832. The Bertz CT molecular complexity index is 537. The zero-order valence-electron chi connectivity index (χ0n) is 8.57. The Morgan fingerprint density at radius 3 is 2.41 bits per heavy atom.